The zero-order valence-electron chi connectivity index (χ0n) is 16.6. The highest BCUT2D eigenvalue weighted by Gasteiger charge is 2.21. The summed E-state index contributed by atoms with van der Waals surface area (Å²) in [5.74, 6) is -1.11. The lowest BCUT2D eigenvalue weighted by atomic mass is 9.98. The summed E-state index contributed by atoms with van der Waals surface area (Å²) in [7, 11) is 0. The lowest BCUT2D eigenvalue weighted by molar-refractivity contribution is -0.119. The summed E-state index contributed by atoms with van der Waals surface area (Å²) in [4.78, 5) is 33.9. The van der Waals surface area contributed by atoms with E-state index in [2.05, 4.69) is 10.3 Å². The van der Waals surface area contributed by atoms with Gasteiger partial charge in [0, 0.05) is 17.1 Å². The summed E-state index contributed by atoms with van der Waals surface area (Å²) >= 11 is 5.95. The van der Waals surface area contributed by atoms with Crippen LogP contribution in [0, 0.1) is 6.92 Å². The first kappa shape index (κ1) is 20.5. The van der Waals surface area contributed by atoms with Gasteiger partial charge in [0.15, 0.2) is 11.8 Å². The first-order valence-electron chi connectivity index (χ1n) is 9.57. The average Bonchev–Trinajstić information content (AvgIpc) is 2.79. The van der Waals surface area contributed by atoms with Crippen LogP contribution in [0.5, 0.6) is 0 Å². The van der Waals surface area contributed by atoms with Gasteiger partial charge in [-0.2, -0.15) is 0 Å². The average molecular weight is 432 g/mol. The van der Waals surface area contributed by atoms with Gasteiger partial charge in [0.25, 0.3) is 5.91 Å². The number of carbonyl (C=O) groups is 2. The van der Waals surface area contributed by atoms with Crippen LogP contribution < -0.4 is 5.32 Å². The lowest BCUT2D eigenvalue weighted by Gasteiger charge is -2.14. The molecule has 7 heteroatoms. The van der Waals surface area contributed by atoms with Crippen LogP contribution in [0.2, 0.25) is 5.15 Å². The molecular formula is C24H18ClN3O3. The smallest absolute Gasteiger partial charge is 0.339 e. The van der Waals surface area contributed by atoms with Crippen LogP contribution in [0.15, 0.2) is 72.9 Å². The van der Waals surface area contributed by atoms with Crippen LogP contribution >= 0.6 is 11.6 Å². The Morgan fingerprint density at radius 3 is 2.52 bits per heavy atom. The molecule has 1 N–H and O–H groups in total. The number of anilines is 1. The van der Waals surface area contributed by atoms with Crippen molar-refractivity contribution in [1.29, 1.82) is 0 Å². The predicted octanol–water partition coefficient (Wildman–Crippen LogP) is 5.05. The van der Waals surface area contributed by atoms with Crippen LogP contribution in [0.4, 0.5) is 5.69 Å². The number of nitrogens with zero attached hydrogens (tertiary/aromatic N) is 2. The van der Waals surface area contributed by atoms with Crippen LogP contribution in [0.25, 0.3) is 22.2 Å². The second-order valence-corrected chi connectivity index (χ2v) is 7.17. The molecule has 1 amide bonds. The number of rotatable bonds is 5. The molecule has 2 aromatic heterocycles. The van der Waals surface area contributed by atoms with Gasteiger partial charge in [0.1, 0.15) is 0 Å². The van der Waals surface area contributed by atoms with Crippen molar-refractivity contribution >= 4 is 40.1 Å². The number of pyridine rings is 2. The Hall–Kier alpha value is -3.77. The van der Waals surface area contributed by atoms with Gasteiger partial charge in [-0.1, -0.05) is 60.1 Å². The molecule has 2 aromatic carbocycles. The van der Waals surface area contributed by atoms with Gasteiger partial charge in [-0.05, 0) is 30.7 Å². The Morgan fingerprint density at radius 2 is 1.74 bits per heavy atom. The minimum atomic E-state index is -0.597. The van der Waals surface area contributed by atoms with Crippen LogP contribution in [0.1, 0.15) is 15.9 Å². The minimum absolute atomic E-state index is 0.158. The van der Waals surface area contributed by atoms with E-state index < -0.39 is 18.5 Å². The number of esters is 1. The summed E-state index contributed by atoms with van der Waals surface area (Å²) in [6.07, 6.45) is 1.51. The van der Waals surface area contributed by atoms with E-state index in [1.165, 1.54) is 6.20 Å². The summed E-state index contributed by atoms with van der Waals surface area (Å²) in [5, 5.41) is 3.41. The van der Waals surface area contributed by atoms with E-state index >= 15 is 0 Å². The first-order valence-corrected chi connectivity index (χ1v) is 9.94. The highest BCUT2D eigenvalue weighted by molar-refractivity contribution is 6.32. The molecule has 0 radical (unpaired) electrons. The number of nitrogens with one attached hydrogen (secondary N) is 1. The van der Waals surface area contributed by atoms with Gasteiger partial charge in [-0.3, -0.25) is 4.79 Å². The molecule has 154 valence electrons. The number of hydrogen-bond acceptors (Lipinski definition) is 5. The molecule has 0 unspecified atom stereocenters. The molecule has 0 bridgehead atoms. The fraction of sp³-hybridized carbons (Fsp3) is 0.0833. The number of ether oxygens (including phenoxy) is 1. The quantitative estimate of drug-likeness (QED) is 0.353. The molecule has 4 aromatic rings. The summed E-state index contributed by atoms with van der Waals surface area (Å²) in [6, 6.07) is 20.2. The number of amides is 1. The molecule has 2 heterocycles. The van der Waals surface area contributed by atoms with E-state index in [1.807, 2.05) is 61.5 Å². The summed E-state index contributed by atoms with van der Waals surface area (Å²) < 4.78 is 5.34. The van der Waals surface area contributed by atoms with E-state index in [0.29, 0.717) is 33.4 Å². The van der Waals surface area contributed by atoms with Crippen molar-refractivity contribution in [2.75, 3.05) is 11.9 Å². The topological polar surface area (TPSA) is 81.2 Å². The molecule has 4 rings (SSSR count). The maximum absolute atomic E-state index is 13.0. The number of halogens is 1. The van der Waals surface area contributed by atoms with Gasteiger partial charge in [-0.15, -0.1) is 0 Å². The molecule has 0 fully saturated rings. The van der Waals surface area contributed by atoms with E-state index in [1.54, 1.807) is 12.1 Å². The van der Waals surface area contributed by atoms with Crippen LogP contribution in [0.3, 0.4) is 0 Å². The van der Waals surface area contributed by atoms with E-state index in [0.717, 1.165) is 5.56 Å². The monoisotopic (exact) mass is 431 g/mol. The molecule has 0 atom stereocenters. The van der Waals surface area contributed by atoms with Crippen molar-refractivity contribution in [3.63, 3.8) is 0 Å². The van der Waals surface area contributed by atoms with Gasteiger partial charge >= 0.3 is 5.97 Å². The molecule has 0 aliphatic heterocycles. The molecule has 0 spiro atoms. The molecule has 0 aliphatic rings. The SMILES string of the molecule is Cc1c(-c2ccccc2)nc2ccccc2c1C(=O)OCC(=O)Nc1cccnc1Cl. The Kier molecular flexibility index (Phi) is 5.91. The van der Waals surface area contributed by atoms with Crippen molar-refractivity contribution in [1.82, 2.24) is 9.97 Å². The van der Waals surface area contributed by atoms with Crippen LogP contribution in [-0.2, 0) is 9.53 Å². The zero-order valence-corrected chi connectivity index (χ0v) is 17.4. The maximum Gasteiger partial charge on any atom is 0.339 e. The maximum atomic E-state index is 13.0. The molecular weight excluding hydrogens is 414 g/mol. The van der Waals surface area contributed by atoms with Crippen LogP contribution in [-0.4, -0.2) is 28.5 Å². The fourth-order valence-electron chi connectivity index (χ4n) is 3.32. The second kappa shape index (κ2) is 8.93. The third-order valence-corrected chi connectivity index (χ3v) is 5.06. The largest absolute Gasteiger partial charge is 0.452 e. The van der Waals surface area contributed by atoms with E-state index in [9.17, 15) is 9.59 Å². The zero-order chi connectivity index (χ0) is 21.8. The Balaban J connectivity index is 1.62. The second-order valence-electron chi connectivity index (χ2n) is 6.81. The number of aromatic nitrogens is 2. The van der Waals surface area contributed by atoms with E-state index in [-0.39, 0.29) is 5.15 Å². The van der Waals surface area contributed by atoms with Crippen molar-refractivity contribution in [3.05, 3.63) is 89.2 Å². The first-order chi connectivity index (χ1) is 15.0. The number of para-hydroxylation sites is 1. The normalized spacial score (nSPS) is 10.6. The van der Waals surface area contributed by atoms with Gasteiger partial charge in [-0.25, -0.2) is 14.8 Å². The van der Waals surface area contributed by atoms with Crippen molar-refractivity contribution in [3.8, 4) is 11.3 Å². The Morgan fingerprint density at radius 1 is 1.00 bits per heavy atom. The fourth-order valence-corrected chi connectivity index (χ4v) is 3.48. The highest BCUT2D eigenvalue weighted by Crippen LogP contribution is 2.30. The van der Waals surface area contributed by atoms with Gasteiger partial charge in [0.05, 0.1) is 22.5 Å². The standard InChI is InChI=1S/C24H18ClN3O3/c1-15-21(24(30)31-14-20(29)27-19-12-7-13-26-23(19)25)17-10-5-6-11-18(17)28-22(15)16-8-3-2-4-9-16/h2-13H,14H2,1H3,(H,27,29). The predicted molar refractivity (Wildman–Crippen MR) is 120 cm³/mol. The third-order valence-electron chi connectivity index (χ3n) is 4.75. The van der Waals surface area contributed by atoms with Crippen molar-refractivity contribution < 1.29 is 14.3 Å². The Labute approximate surface area is 183 Å². The minimum Gasteiger partial charge on any atom is -0.452 e. The molecule has 0 saturated heterocycles. The van der Waals surface area contributed by atoms with E-state index in [4.69, 9.17) is 21.3 Å². The third kappa shape index (κ3) is 4.39. The number of benzene rings is 2. The summed E-state index contributed by atoms with van der Waals surface area (Å²) in [5.41, 5.74) is 3.68. The van der Waals surface area contributed by atoms with Crippen molar-refractivity contribution in [2.24, 2.45) is 0 Å². The van der Waals surface area contributed by atoms with Gasteiger partial charge in [0.2, 0.25) is 0 Å². The molecule has 0 saturated carbocycles. The number of carbonyl (C=O) groups excluding carboxylic acids is 2. The highest BCUT2D eigenvalue weighted by atomic mass is 35.5. The number of fused-ring (bicyclic) bond motifs is 1. The van der Waals surface area contributed by atoms with Crippen molar-refractivity contribution in [2.45, 2.75) is 6.92 Å². The molecule has 6 nitrogen and oxygen atoms in total. The Bertz CT molecular complexity index is 1280. The molecule has 31 heavy (non-hydrogen) atoms. The van der Waals surface area contributed by atoms with Gasteiger partial charge < -0.3 is 10.1 Å². The summed E-state index contributed by atoms with van der Waals surface area (Å²) in [6.45, 7) is 1.37. The molecule has 0 aliphatic carbocycles. The lowest BCUT2D eigenvalue weighted by Crippen LogP contribution is -2.22. The number of hydrogen-bond donors (Lipinski definition) is 1.